The number of benzene rings is 1. The molecule has 0 aliphatic rings. The highest BCUT2D eigenvalue weighted by Gasteiger charge is 2.13. The van der Waals surface area contributed by atoms with Gasteiger partial charge in [0, 0.05) is 19.2 Å². The van der Waals surface area contributed by atoms with Crippen LogP contribution in [0.15, 0.2) is 18.2 Å². The topological polar surface area (TPSA) is 83.7 Å². The molecule has 0 heterocycles. The van der Waals surface area contributed by atoms with Crippen LogP contribution in [0.3, 0.4) is 0 Å². The van der Waals surface area contributed by atoms with Crippen molar-refractivity contribution in [3.8, 4) is 0 Å². The van der Waals surface area contributed by atoms with E-state index in [2.05, 4.69) is 0 Å². The first-order valence-corrected chi connectivity index (χ1v) is 4.66. The number of non-ortho nitro benzene ring substituents is 1. The Kier molecular flexibility index (Phi) is 3.68. The predicted octanol–water partition coefficient (Wildman–Crippen LogP) is 1.77. The first-order valence-electron chi connectivity index (χ1n) is 4.28. The fraction of sp³-hybridized carbons (Fsp3) is 0.222. The van der Waals surface area contributed by atoms with Crippen LogP contribution in [0.5, 0.6) is 0 Å². The molecule has 0 saturated carbocycles. The van der Waals surface area contributed by atoms with Crippen LogP contribution in [0, 0.1) is 10.1 Å². The van der Waals surface area contributed by atoms with E-state index in [-0.39, 0.29) is 17.3 Å². The van der Waals surface area contributed by atoms with Gasteiger partial charge < -0.3 is 10.0 Å². The van der Waals surface area contributed by atoms with Crippen LogP contribution in [-0.2, 0) is 4.79 Å². The van der Waals surface area contributed by atoms with Crippen molar-refractivity contribution < 1.29 is 14.8 Å². The highest BCUT2D eigenvalue weighted by Crippen LogP contribution is 2.28. The minimum absolute atomic E-state index is 0.127. The lowest BCUT2D eigenvalue weighted by Crippen LogP contribution is -2.25. The third kappa shape index (κ3) is 2.83. The second-order valence-electron chi connectivity index (χ2n) is 3.14. The molecular formula is C9H9ClN2O4. The molecule has 0 fully saturated rings. The molecule has 1 aromatic carbocycles. The molecule has 0 atom stereocenters. The number of rotatable bonds is 4. The average molecular weight is 245 g/mol. The van der Waals surface area contributed by atoms with Gasteiger partial charge >= 0.3 is 5.97 Å². The molecule has 1 rings (SSSR count). The number of halogens is 1. The number of aliphatic carboxylic acids is 1. The summed E-state index contributed by atoms with van der Waals surface area (Å²) in [6.07, 6.45) is 0. The van der Waals surface area contributed by atoms with E-state index in [4.69, 9.17) is 16.7 Å². The molecule has 0 aliphatic carbocycles. The van der Waals surface area contributed by atoms with Crippen molar-refractivity contribution in [2.45, 2.75) is 0 Å². The zero-order valence-corrected chi connectivity index (χ0v) is 9.14. The average Bonchev–Trinajstić information content (AvgIpc) is 2.15. The number of anilines is 1. The summed E-state index contributed by atoms with van der Waals surface area (Å²) in [5, 5.41) is 19.2. The summed E-state index contributed by atoms with van der Waals surface area (Å²) in [6.45, 7) is -0.225. The Balaban J connectivity index is 2.98. The molecule has 7 heteroatoms. The highest BCUT2D eigenvalue weighted by atomic mass is 35.5. The van der Waals surface area contributed by atoms with E-state index in [0.717, 1.165) is 0 Å². The van der Waals surface area contributed by atoms with Gasteiger partial charge in [-0.2, -0.15) is 0 Å². The van der Waals surface area contributed by atoms with Crippen LogP contribution in [0.4, 0.5) is 11.4 Å². The summed E-state index contributed by atoms with van der Waals surface area (Å²) in [7, 11) is 1.54. The van der Waals surface area contributed by atoms with E-state index in [1.165, 1.54) is 23.1 Å². The van der Waals surface area contributed by atoms with Gasteiger partial charge in [-0.25, -0.2) is 0 Å². The van der Waals surface area contributed by atoms with Gasteiger partial charge in [-0.3, -0.25) is 14.9 Å². The van der Waals surface area contributed by atoms with Crippen molar-refractivity contribution in [1.29, 1.82) is 0 Å². The van der Waals surface area contributed by atoms with E-state index in [1.807, 2.05) is 0 Å². The minimum Gasteiger partial charge on any atom is -0.480 e. The fourth-order valence-corrected chi connectivity index (χ4v) is 1.53. The number of nitro groups is 1. The molecule has 0 spiro atoms. The van der Waals surface area contributed by atoms with Crippen molar-refractivity contribution in [2.75, 3.05) is 18.5 Å². The van der Waals surface area contributed by atoms with Crippen LogP contribution in [-0.4, -0.2) is 29.6 Å². The first kappa shape index (κ1) is 12.3. The van der Waals surface area contributed by atoms with E-state index in [0.29, 0.717) is 5.69 Å². The number of hydrogen-bond donors (Lipinski definition) is 1. The van der Waals surface area contributed by atoms with E-state index in [1.54, 1.807) is 7.05 Å². The highest BCUT2D eigenvalue weighted by molar-refractivity contribution is 6.33. The molecule has 6 nitrogen and oxygen atoms in total. The SMILES string of the molecule is CN(CC(=O)O)c1ccc([N+](=O)[O-])cc1Cl. The molecule has 0 aromatic heterocycles. The number of carboxylic acid groups (broad SMARTS) is 1. The number of nitrogens with zero attached hydrogens (tertiary/aromatic N) is 2. The Morgan fingerprint density at radius 3 is 2.69 bits per heavy atom. The summed E-state index contributed by atoms with van der Waals surface area (Å²) in [6, 6.07) is 3.89. The molecular weight excluding hydrogens is 236 g/mol. The van der Waals surface area contributed by atoms with Gasteiger partial charge in [0.1, 0.15) is 6.54 Å². The Hall–Kier alpha value is -1.82. The maximum absolute atomic E-state index is 10.5. The van der Waals surface area contributed by atoms with Gasteiger partial charge in [-0.1, -0.05) is 11.6 Å². The molecule has 0 radical (unpaired) electrons. The lowest BCUT2D eigenvalue weighted by atomic mass is 10.2. The normalized spacial score (nSPS) is 9.88. The fourth-order valence-electron chi connectivity index (χ4n) is 1.21. The van der Waals surface area contributed by atoms with Crippen LogP contribution in [0.1, 0.15) is 0 Å². The number of nitro benzene ring substituents is 1. The van der Waals surface area contributed by atoms with Crippen LogP contribution in [0.2, 0.25) is 5.02 Å². The van der Waals surface area contributed by atoms with E-state index in [9.17, 15) is 14.9 Å². The molecule has 0 unspecified atom stereocenters. The monoisotopic (exact) mass is 244 g/mol. The van der Waals surface area contributed by atoms with Gasteiger partial charge in [0.25, 0.3) is 5.69 Å². The third-order valence-corrected chi connectivity index (χ3v) is 2.23. The second-order valence-corrected chi connectivity index (χ2v) is 3.55. The molecule has 1 N–H and O–H groups in total. The molecule has 0 amide bonds. The second kappa shape index (κ2) is 4.80. The van der Waals surface area contributed by atoms with Gasteiger partial charge in [0.05, 0.1) is 15.6 Å². The summed E-state index contributed by atoms with van der Waals surface area (Å²) in [5.74, 6) is -1.00. The van der Waals surface area contributed by atoms with Crippen molar-refractivity contribution in [2.24, 2.45) is 0 Å². The van der Waals surface area contributed by atoms with Crippen LogP contribution >= 0.6 is 11.6 Å². The minimum atomic E-state index is -1.00. The van der Waals surface area contributed by atoms with Gasteiger partial charge in [0.2, 0.25) is 0 Å². The zero-order chi connectivity index (χ0) is 12.3. The Morgan fingerprint density at radius 1 is 1.62 bits per heavy atom. The largest absolute Gasteiger partial charge is 0.480 e. The third-order valence-electron chi connectivity index (χ3n) is 1.93. The standard InChI is InChI=1S/C9H9ClN2O4/c1-11(5-9(13)14)8-3-2-6(12(15)16)4-7(8)10/h2-4H,5H2,1H3,(H,13,14). The quantitative estimate of drug-likeness (QED) is 0.645. The number of carboxylic acids is 1. The Morgan fingerprint density at radius 2 is 2.25 bits per heavy atom. The van der Waals surface area contributed by atoms with E-state index < -0.39 is 10.9 Å². The van der Waals surface area contributed by atoms with Crippen LogP contribution in [0.25, 0.3) is 0 Å². The number of carbonyl (C=O) groups is 1. The first-order chi connectivity index (χ1) is 7.41. The Labute approximate surface area is 96.2 Å². The van der Waals surface area contributed by atoms with E-state index >= 15 is 0 Å². The number of likely N-dealkylation sites (N-methyl/N-ethyl adjacent to an activating group) is 1. The molecule has 0 saturated heterocycles. The van der Waals surface area contributed by atoms with Crippen molar-refractivity contribution in [3.05, 3.63) is 33.3 Å². The number of hydrogen-bond acceptors (Lipinski definition) is 4. The maximum Gasteiger partial charge on any atom is 0.323 e. The lowest BCUT2D eigenvalue weighted by molar-refractivity contribution is -0.384. The zero-order valence-electron chi connectivity index (χ0n) is 8.38. The maximum atomic E-state index is 10.5. The molecule has 0 aliphatic heterocycles. The predicted molar refractivity (Wildman–Crippen MR) is 59.0 cm³/mol. The van der Waals surface area contributed by atoms with Gasteiger partial charge in [-0.15, -0.1) is 0 Å². The van der Waals surface area contributed by atoms with Crippen molar-refractivity contribution >= 4 is 28.9 Å². The summed E-state index contributed by atoms with van der Waals surface area (Å²) in [5.41, 5.74) is 0.312. The molecule has 86 valence electrons. The lowest BCUT2D eigenvalue weighted by Gasteiger charge is -2.17. The summed E-state index contributed by atoms with van der Waals surface area (Å²) < 4.78 is 0. The summed E-state index contributed by atoms with van der Waals surface area (Å²) in [4.78, 5) is 21.8. The molecule has 0 bridgehead atoms. The van der Waals surface area contributed by atoms with Crippen LogP contribution < -0.4 is 4.90 Å². The molecule has 16 heavy (non-hydrogen) atoms. The Bertz CT molecular complexity index is 436. The van der Waals surface area contributed by atoms with Gasteiger partial charge in [-0.05, 0) is 6.07 Å². The smallest absolute Gasteiger partial charge is 0.323 e. The van der Waals surface area contributed by atoms with Gasteiger partial charge in [0.15, 0.2) is 0 Å². The molecule has 1 aromatic rings. The summed E-state index contributed by atoms with van der Waals surface area (Å²) >= 11 is 5.81. The van der Waals surface area contributed by atoms with Crippen molar-refractivity contribution in [1.82, 2.24) is 0 Å². The van der Waals surface area contributed by atoms with Crippen molar-refractivity contribution in [3.63, 3.8) is 0 Å².